The van der Waals surface area contributed by atoms with Crippen LogP contribution in [0.4, 0.5) is 0 Å². The van der Waals surface area contributed by atoms with Crippen molar-refractivity contribution in [1.82, 2.24) is 4.57 Å². The van der Waals surface area contributed by atoms with Crippen molar-refractivity contribution in [3.8, 4) is 11.4 Å². The number of aromatic nitrogens is 2. The largest absolute Gasteiger partial charge is 0.297 e. The smallest absolute Gasteiger partial charge is 0.251 e. The second-order valence-corrected chi connectivity index (χ2v) is 6.63. The van der Waals surface area contributed by atoms with Gasteiger partial charge in [-0.1, -0.05) is 49.2 Å². The van der Waals surface area contributed by atoms with Gasteiger partial charge in [-0.3, -0.25) is 5.26 Å². The number of benzene rings is 2. The topological polar surface area (TPSA) is 38.3 Å². The summed E-state index contributed by atoms with van der Waals surface area (Å²) in [6.07, 6.45) is 1.79. The monoisotopic (exact) mass is 351 g/mol. The number of hydrogen-bond donors (Lipinski definition) is 1. The fourth-order valence-corrected chi connectivity index (χ4v) is 3.58. The van der Waals surface area contributed by atoms with E-state index < -0.39 is 0 Å². The van der Waals surface area contributed by atoms with Crippen molar-refractivity contribution in [3.63, 3.8) is 0 Å². The molecule has 3 rings (SSSR count). The second-order valence-electron chi connectivity index (χ2n) is 6.63. The van der Waals surface area contributed by atoms with Gasteiger partial charge < -0.3 is 0 Å². The van der Waals surface area contributed by atoms with Crippen LogP contribution in [0.25, 0.3) is 11.4 Å². The molecular weight excluding hydrogens is 324 g/mol. The maximum absolute atomic E-state index is 9.27. The van der Waals surface area contributed by atoms with Crippen LogP contribution < -0.4 is 4.57 Å². The van der Waals surface area contributed by atoms with Crippen molar-refractivity contribution in [2.75, 3.05) is 0 Å². The van der Waals surface area contributed by atoms with Crippen molar-refractivity contribution in [1.29, 1.82) is 0 Å². The van der Waals surface area contributed by atoms with Gasteiger partial charge >= 0.3 is 0 Å². The average Bonchev–Trinajstić information content (AvgIpc) is 2.96. The summed E-state index contributed by atoms with van der Waals surface area (Å²) in [5.74, 6) is 0.911. The van der Waals surface area contributed by atoms with E-state index in [1.165, 1.54) is 22.5 Å². The molecule has 2 aromatic carbocycles. The first-order valence-electron chi connectivity index (χ1n) is 9.18. The zero-order valence-corrected chi connectivity index (χ0v) is 16.0. The molecule has 26 heavy (non-hydrogen) atoms. The number of rotatable bonds is 6. The molecule has 0 fully saturated rings. The van der Waals surface area contributed by atoms with Gasteiger partial charge in [-0.25, -0.2) is 4.89 Å². The first-order valence-corrected chi connectivity index (χ1v) is 9.18. The molecule has 0 saturated carbocycles. The Balaban J connectivity index is 2.32. The Kier molecular flexibility index (Phi) is 5.55. The van der Waals surface area contributed by atoms with Crippen LogP contribution in [0.15, 0.2) is 48.5 Å². The molecule has 1 N–H and O–H groups in total. The first-order chi connectivity index (χ1) is 12.6. The molecule has 0 aliphatic heterocycles. The summed E-state index contributed by atoms with van der Waals surface area (Å²) in [7, 11) is 0. The molecule has 1 heterocycles. The summed E-state index contributed by atoms with van der Waals surface area (Å²) in [6.45, 7) is 8.63. The van der Waals surface area contributed by atoms with Crippen LogP contribution >= 0.6 is 0 Å². The number of imidazole rings is 1. The van der Waals surface area contributed by atoms with Crippen molar-refractivity contribution >= 4 is 0 Å². The fraction of sp³-hybridized carbons (Fsp3) is 0.318. The highest BCUT2D eigenvalue weighted by molar-refractivity contribution is 5.39. The Labute approximate surface area is 155 Å². The number of aryl methyl sites for hydroxylation is 2. The number of hydrogen-bond acceptors (Lipinski definition) is 2. The molecule has 4 heteroatoms. The van der Waals surface area contributed by atoms with E-state index in [1.54, 1.807) is 0 Å². The van der Waals surface area contributed by atoms with E-state index in [0.29, 0.717) is 0 Å². The van der Waals surface area contributed by atoms with Gasteiger partial charge in [-0.05, 0) is 38.1 Å². The highest BCUT2D eigenvalue weighted by Gasteiger charge is 2.31. The lowest BCUT2D eigenvalue weighted by Gasteiger charge is -2.06. The lowest BCUT2D eigenvalue weighted by atomic mass is 10.1. The van der Waals surface area contributed by atoms with E-state index in [-0.39, 0.29) is 6.61 Å². The lowest BCUT2D eigenvalue weighted by molar-refractivity contribution is -0.617. The molecule has 0 amide bonds. The second kappa shape index (κ2) is 7.85. The summed E-state index contributed by atoms with van der Waals surface area (Å²) in [6, 6.07) is 16.9. The Morgan fingerprint density at radius 2 is 1.46 bits per heavy atom. The van der Waals surface area contributed by atoms with Crippen molar-refractivity contribution in [2.24, 2.45) is 0 Å². The molecule has 0 bridgehead atoms. The van der Waals surface area contributed by atoms with Gasteiger partial charge in [-0.15, -0.1) is 0 Å². The molecule has 0 radical (unpaired) electrons. The fourth-order valence-electron chi connectivity index (χ4n) is 3.58. The Morgan fingerprint density at radius 3 is 1.96 bits per heavy atom. The molecule has 0 unspecified atom stereocenters. The lowest BCUT2D eigenvalue weighted by Crippen LogP contribution is -2.38. The van der Waals surface area contributed by atoms with Crippen molar-refractivity contribution in [2.45, 2.75) is 47.1 Å². The predicted molar refractivity (Wildman–Crippen MR) is 103 cm³/mol. The first kappa shape index (κ1) is 18.4. The van der Waals surface area contributed by atoms with E-state index in [2.05, 4.69) is 90.2 Å². The zero-order valence-electron chi connectivity index (χ0n) is 16.0. The maximum Gasteiger partial charge on any atom is 0.297 e. The van der Waals surface area contributed by atoms with Gasteiger partial charge in [0.2, 0.25) is 0 Å². The zero-order chi connectivity index (χ0) is 18.7. The van der Waals surface area contributed by atoms with Crippen LogP contribution in [-0.2, 0) is 24.3 Å². The maximum atomic E-state index is 9.27. The van der Waals surface area contributed by atoms with E-state index in [1.807, 2.05) is 0 Å². The van der Waals surface area contributed by atoms with E-state index >= 15 is 0 Å². The summed E-state index contributed by atoms with van der Waals surface area (Å²) in [5.41, 5.74) is 7.09. The highest BCUT2D eigenvalue weighted by Crippen LogP contribution is 2.22. The third-order valence-electron chi connectivity index (χ3n) is 4.84. The van der Waals surface area contributed by atoms with E-state index in [9.17, 15) is 5.26 Å². The molecule has 3 aromatic rings. The molecule has 1 aromatic heterocycles. The van der Waals surface area contributed by atoms with Crippen LogP contribution in [0.3, 0.4) is 0 Å². The van der Waals surface area contributed by atoms with Gasteiger partial charge in [0, 0.05) is 12.8 Å². The molecule has 0 atom stereocenters. The van der Waals surface area contributed by atoms with Crippen LogP contribution in [0, 0.1) is 13.8 Å². The summed E-state index contributed by atoms with van der Waals surface area (Å²) in [5, 5.41) is 9.27. The minimum atomic E-state index is 0.120. The molecule has 136 valence electrons. The van der Waals surface area contributed by atoms with Gasteiger partial charge in [0.15, 0.2) is 18.0 Å². The van der Waals surface area contributed by atoms with Gasteiger partial charge in [0.05, 0.1) is 0 Å². The van der Waals surface area contributed by atoms with Crippen LogP contribution in [0.1, 0.15) is 42.2 Å². The molecule has 0 spiro atoms. The minimum Gasteiger partial charge on any atom is -0.251 e. The quantitative estimate of drug-likeness (QED) is 0.404. The van der Waals surface area contributed by atoms with E-state index in [4.69, 9.17) is 0 Å². The number of nitrogens with zero attached hydrogens (tertiary/aromatic N) is 2. The Bertz CT molecular complexity index is 807. The van der Waals surface area contributed by atoms with Crippen molar-refractivity contribution < 1.29 is 14.7 Å². The molecular formula is C22H27N2O2+. The average molecular weight is 351 g/mol. The van der Waals surface area contributed by atoms with Crippen LogP contribution in [-0.4, -0.2) is 9.82 Å². The Hall–Kier alpha value is -2.43. The van der Waals surface area contributed by atoms with Crippen molar-refractivity contribution in [3.05, 3.63) is 76.9 Å². The molecule has 4 nitrogen and oxygen atoms in total. The van der Waals surface area contributed by atoms with Crippen LogP contribution in [0.5, 0.6) is 0 Å². The van der Waals surface area contributed by atoms with Gasteiger partial charge in [-0.2, -0.15) is 9.13 Å². The molecule has 0 saturated heterocycles. The third-order valence-corrected chi connectivity index (χ3v) is 4.84. The Morgan fingerprint density at radius 1 is 0.885 bits per heavy atom. The summed E-state index contributed by atoms with van der Waals surface area (Å²) < 4.78 is 4.43. The summed E-state index contributed by atoms with van der Waals surface area (Å²) in [4.78, 5) is 4.62. The molecule has 0 aliphatic rings. The SMILES string of the molecule is CCc1c(CC)[n+](-c2ccc(C)cc2)c(COO)n1-c1ccc(C)cc1. The molecule has 0 aliphatic carbocycles. The summed E-state index contributed by atoms with van der Waals surface area (Å²) >= 11 is 0. The van der Waals surface area contributed by atoms with Gasteiger partial charge in [0.25, 0.3) is 5.82 Å². The van der Waals surface area contributed by atoms with Crippen LogP contribution in [0.2, 0.25) is 0 Å². The van der Waals surface area contributed by atoms with E-state index in [0.717, 1.165) is 30.0 Å². The predicted octanol–water partition coefficient (Wildman–Crippen LogP) is 4.49. The highest BCUT2D eigenvalue weighted by atomic mass is 17.1. The standard InChI is InChI=1S/C22H26N2O2/c1-5-20-21(6-2)24(19-13-9-17(4)10-14-19)22(15-26-25)23(20)18-11-7-16(3)8-12-18/h7-14H,5-6,15H2,1-4H3/p+1. The third kappa shape index (κ3) is 3.30. The normalized spacial score (nSPS) is 11.1. The minimum absolute atomic E-state index is 0.120. The van der Waals surface area contributed by atoms with Gasteiger partial charge in [0.1, 0.15) is 11.4 Å².